The third kappa shape index (κ3) is 654. The van der Waals surface area contributed by atoms with Crippen LogP contribution < -0.4 is 47.7 Å². The van der Waals surface area contributed by atoms with E-state index in [2.05, 4.69) is 0 Å². The van der Waals surface area contributed by atoms with Crippen molar-refractivity contribution in [2.24, 2.45) is 22.9 Å². The molecule has 0 bridgehead atoms. The van der Waals surface area contributed by atoms with E-state index in [1.807, 2.05) is 0 Å². The van der Waals surface area contributed by atoms with Gasteiger partial charge in [-0.2, -0.15) is 0 Å². The van der Waals surface area contributed by atoms with Crippen LogP contribution in [0.1, 0.15) is 0 Å². The summed E-state index contributed by atoms with van der Waals surface area (Å²) in [4.78, 5) is 0. The van der Waals surface area contributed by atoms with Gasteiger partial charge in [0.15, 0.2) is 0 Å². The monoisotopic (exact) mass is 730 g/mol. The van der Waals surface area contributed by atoms with Crippen molar-refractivity contribution in [1.29, 1.82) is 0 Å². The predicted molar refractivity (Wildman–Crippen MR) is 100 cm³/mol. The molecule has 0 aliphatic carbocycles. The van der Waals surface area contributed by atoms with E-state index in [1.54, 1.807) is 0 Å². The first-order valence-electron chi connectivity index (χ1n) is 2.63. The second-order valence-electron chi connectivity index (χ2n) is 1.15. The first-order valence-corrected chi connectivity index (χ1v) is 2.63. The van der Waals surface area contributed by atoms with Crippen LogP contribution in [0.2, 0.25) is 0 Å². The molecule has 0 aromatic carbocycles. The first-order chi connectivity index (χ1) is 3.83. The first kappa shape index (κ1) is 203. The molecule has 0 heterocycles. The van der Waals surface area contributed by atoms with Crippen LogP contribution in [0.15, 0.2) is 0 Å². The summed E-state index contributed by atoms with van der Waals surface area (Å²) in [5.74, 6) is 0. The van der Waals surface area contributed by atoms with E-state index in [0.717, 1.165) is 0 Å². The Morgan fingerprint density at radius 3 is 0.409 bits per heavy atom. The van der Waals surface area contributed by atoms with Gasteiger partial charge in [0, 0.05) is 26.2 Å². The van der Waals surface area contributed by atoms with E-state index in [9.17, 15) is 0 Å². The number of rotatable bonds is 2. The number of nitrogens with two attached hydrogens (primary N) is 4. The minimum atomic E-state index is 0. The molecule has 0 spiro atoms. The summed E-state index contributed by atoms with van der Waals surface area (Å²) in [5.41, 5.74) is 19.6. The maximum Gasteiger partial charge on any atom is 4.00 e. The minimum Gasteiger partial charge on any atom is -1.00 e. The van der Waals surface area contributed by atoms with Gasteiger partial charge in [0.1, 0.15) is 0 Å². The molecule has 4 nitrogen and oxygen atoms in total. The van der Waals surface area contributed by atoms with Crippen molar-refractivity contribution in [1.82, 2.24) is 0 Å². The van der Waals surface area contributed by atoms with Crippen LogP contribution in [-0.4, -0.2) is 26.2 Å². The molecular weight excluding hydrogens is 685 g/mol. The van der Waals surface area contributed by atoms with E-state index in [0.29, 0.717) is 26.2 Å². The topological polar surface area (TPSA) is 104 Å². The SMILES string of the molecule is NCCN.NCCN.[CH3-].[CH3-].[CH3-].[CH3-].[CH3-].[CH3-].[CH3-].[CH3-].[CH3-].[CH3-].[Cl-].[Cl-].[Pt+2].[Pt+4]. The Balaban J connectivity index is -0.00000000143. The number of hydrogen-bond acceptors (Lipinski definition) is 4. The smallest absolute Gasteiger partial charge is 1.00 e. The average molecular weight is 732 g/mol. The van der Waals surface area contributed by atoms with Gasteiger partial charge in [0.05, 0.1) is 0 Å². The summed E-state index contributed by atoms with van der Waals surface area (Å²) in [6, 6.07) is 0. The van der Waals surface area contributed by atoms with Crippen molar-refractivity contribution in [3.05, 3.63) is 74.3 Å². The second-order valence-corrected chi connectivity index (χ2v) is 1.15. The fourth-order valence-electron chi connectivity index (χ4n) is 0. The molecule has 8 N–H and O–H groups in total. The van der Waals surface area contributed by atoms with E-state index in [1.165, 1.54) is 0 Å². The standard InChI is InChI=1S/2C2H8N2.10CH3.2ClH.2Pt/c2*3-1-2-4;;;;;;;;;;;;;;/h2*1-4H2;10*1H3;2*1H;;/q;;10*-1;;;+2;+4/p-2. The molecule has 0 aromatic heterocycles. The second kappa shape index (κ2) is 322. The molecule has 0 radical (unpaired) electrons. The maximum atomic E-state index is 4.90. The normalized spacial score (nSPS) is 2.73. The van der Waals surface area contributed by atoms with Crippen LogP contribution >= 0.6 is 0 Å². The van der Waals surface area contributed by atoms with Gasteiger partial charge in [0.2, 0.25) is 0 Å². The zero-order valence-corrected chi connectivity index (χ0v) is 22.6. The molecule has 0 aliphatic heterocycles. The van der Waals surface area contributed by atoms with Crippen molar-refractivity contribution in [3.8, 4) is 0 Å². The molecular formula is C14H46Cl2N4Pt2-6. The van der Waals surface area contributed by atoms with Crippen LogP contribution in [0, 0.1) is 74.3 Å². The molecule has 0 fully saturated rings. The molecule has 0 rings (SSSR count). The van der Waals surface area contributed by atoms with Crippen molar-refractivity contribution < 1.29 is 66.9 Å². The Morgan fingerprint density at radius 2 is 0.409 bits per heavy atom. The molecule has 0 aliphatic rings. The van der Waals surface area contributed by atoms with Gasteiger partial charge in [-0.05, 0) is 0 Å². The summed E-state index contributed by atoms with van der Waals surface area (Å²) in [6.07, 6.45) is 0. The summed E-state index contributed by atoms with van der Waals surface area (Å²) in [5, 5.41) is 0. The fourth-order valence-corrected chi connectivity index (χ4v) is 0. The zero-order valence-electron chi connectivity index (χ0n) is 16.5. The van der Waals surface area contributed by atoms with Gasteiger partial charge in [-0.3, -0.25) is 0 Å². The van der Waals surface area contributed by atoms with E-state index in [-0.39, 0.29) is 141 Å². The third-order valence-electron chi connectivity index (χ3n) is 0.333. The summed E-state index contributed by atoms with van der Waals surface area (Å²) in [7, 11) is 0. The van der Waals surface area contributed by atoms with Crippen molar-refractivity contribution in [3.63, 3.8) is 0 Å². The van der Waals surface area contributed by atoms with Crippen molar-refractivity contribution >= 4 is 0 Å². The Hall–Kier alpha value is 1.80. The van der Waals surface area contributed by atoms with Crippen LogP contribution in [-0.2, 0) is 42.1 Å². The predicted octanol–water partition coefficient (Wildman–Crippen LogP) is -3.69. The summed E-state index contributed by atoms with van der Waals surface area (Å²) in [6.45, 7) is 2.39. The molecule has 162 valence electrons. The number of hydrogen-bond donors (Lipinski definition) is 4. The van der Waals surface area contributed by atoms with Crippen LogP contribution in [0.3, 0.4) is 0 Å². The number of halogens is 2. The quantitative estimate of drug-likeness (QED) is 0.220. The van der Waals surface area contributed by atoms with Gasteiger partial charge in [0.25, 0.3) is 0 Å². The van der Waals surface area contributed by atoms with E-state index < -0.39 is 0 Å². The van der Waals surface area contributed by atoms with Crippen LogP contribution in [0.5, 0.6) is 0 Å². The van der Waals surface area contributed by atoms with E-state index >= 15 is 0 Å². The largest absolute Gasteiger partial charge is 4.00 e. The van der Waals surface area contributed by atoms with Crippen molar-refractivity contribution in [2.45, 2.75) is 0 Å². The summed E-state index contributed by atoms with van der Waals surface area (Å²) < 4.78 is 0. The van der Waals surface area contributed by atoms with Gasteiger partial charge < -0.3 is 122 Å². The molecule has 0 atom stereocenters. The molecule has 0 aromatic rings. The molecule has 0 amide bonds. The Kier molecular flexibility index (Phi) is 2980. The Bertz CT molecular complexity index is 40.8. The minimum absolute atomic E-state index is 0. The maximum absolute atomic E-state index is 4.90. The zero-order chi connectivity index (χ0) is 6.83. The molecule has 0 saturated heterocycles. The Labute approximate surface area is 189 Å². The Morgan fingerprint density at radius 1 is 0.364 bits per heavy atom. The van der Waals surface area contributed by atoms with Gasteiger partial charge in [-0.25, -0.2) is 0 Å². The molecule has 8 heteroatoms. The third-order valence-corrected chi connectivity index (χ3v) is 0.333. The van der Waals surface area contributed by atoms with Gasteiger partial charge in [-0.15, -0.1) is 0 Å². The summed E-state index contributed by atoms with van der Waals surface area (Å²) >= 11 is 0. The van der Waals surface area contributed by atoms with Gasteiger partial charge in [-0.1, -0.05) is 0 Å². The van der Waals surface area contributed by atoms with Gasteiger partial charge >= 0.3 is 42.1 Å². The van der Waals surface area contributed by atoms with Crippen molar-refractivity contribution in [2.75, 3.05) is 26.2 Å². The van der Waals surface area contributed by atoms with Crippen LogP contribution in [0.25, 0.3) is 0 Å². The molecule has 0 unspecified atom stereocenters. The fraction of sp³-hybridized carbons (Fsp3) is 0.286. The average Bonchev–Trinajstić information content (AvgIpc) is 1.88. The molecule has 22 heavy (non-hydrogen) atoms. The van der Waals surface area contributed by atoms with Crippen LogP contribution in [0.4, 0.5) is 0 Å². The van der Waals surface area contributed by atoms with E-state index in [4.69, 9.17) is 22.9 Å². The molecule has 0 saturated carbocycles.